The molecule has 0 aliphatic carbocycles. The fourth-order valence-corrected chi connectivity index (χ4v) is 6.65. The molecule has 39 heavy (non-hydrogen) atoms. The number of halogens is 1. The number of benzene rings is 3. The van der Waals surface area contributed by atoms with Gasteiger partial charge >= 0.3 is 5.91 Å². The minimum atomic E-state index is -1.03. The molecule has 1 aromatic heterocycles. The number of amides is 1. The number of ketones is 1. The number of aromatic hydroxyl groups is 1. The van der Waals surface area contributed by atoms with E-state index in [1.54, 1.807) is 30.3 Å². The Balaban J connectivity index is 1.57. The largest absolute Gasteiger partial charge is 0.507 e. The van der Waals surface area contributed by atoms with Gasteiger partial charge in [0, 0.05) is 12.0 Å². The Morgan fingerprint density at radius 3 is 2.74 bits per heavy atom. The number of thiazole rings is 1. The Kier molecular flexibility index (Phi) is 6.11. The molecular formula is C29H23BrN2O6S. The number of phenolic OH excluding ortho intramolecular Hbond substituents is 1. The molecule has 3 aromatic carbocycles. The monoisotopic (exact) mass is 606 g/mol. The van der Waals surface area contributed by atoms with Crippen LogP contribution >= 0.6 is 27.3 Å². The number of aryl methyl sites for hydroxylation is 1. The maximum absolute atomic E-state index is 13.6. The third kappa shape index (κ3) is 4.15. The zero-order chi connectivity index (χ0) is 27.6. The van der Waals surface area contributed by atoms with E-state index in [4.69, 9.17) is 9.47 Å². The molecule has 4 aromatic rings. The molecule has 1 amide bonds. The number of rotatable bonds is 4. The van der Waals surface area contributed by atoms with Gasteiger partial charge in [0.05, 0.1) is 33.4 Å². The van der Waals surface area contributed by atoms with E-state index in [1.807, 2.05) is 32.0 Å². The van der Waals surface area contributed by atoms with E-state index in [1.165, 1.54) is 23.3 Å². The van der Waals surface area contributed by atoms with Gasteiger partial charge in [0.1, 0.15) is 17.6 Å². The summed E-state index contributed by atoms with van der Waals surface area (Å²) in [5.74, 6) is -1.19. The van der Waals surface area contributed by atoms with Crippen molar-refractivity contribution in [3.8, 4) is 17.2 Å². The van der Waals surface area contributed by atoms with E-state index in [2.05, 4.69) is 20.9 Å². The van der Waals surface area contributed by atoms with Gasteiger partial charge in [-0.05, 0) is 88.9 Å². The zero-order valence-corrected chi connectivity index (χ0v) is 23.6. The Labute approximate surface area is 236 Å². The molecule has 10 heteroatoms. The lowest BCUT2D eigenvalue weighted by atomic mass is 9.94. The summed E-state index contributed by atoms with van der Waals surface area (Å²) in [6.07, 6.45) is 0.675. The quantitative estimate of drug-likeness (QED) is 0.166. The Bertz CT molecular complexity index is 1730. The van der Waals surface area contributed by atoms with Gasteiger partial charge in [-0.15, -0.1) is 0 Å². The van der Waals surface area contributed by atoms with E-state index in [-0.39, 0.29) is 28.9 Å². The number of fused-ring (bicyclic) bond motifs is 2. The summed E-state index contributed by atoms with van der Waals surface area (Å²) in [5.41, 5.74) is 3.41. The first-order chi connectivity index (χ1) is 18.7. The number of carbonyl (C=O) groups excluding carboxylic acids is 2. The number of carbonyl (C=O) groups is 2. The second kappa shape index (κ2) is 9.39. The minimum absolute atomic E-state index is 0.00691. The third-order valence-electron chi connectivity index (χ3n) is 6.94. The zero-order valence-electron chi connectivity index (χ0n) is 21.2. The minimum Gasteiger partial charge on any atom is -0.507 e. The summed E-state index contributed by atoms with van der Waals surface area (Å²) in [4.78, 5) is 33.2. The maximum atomic E-state index is 13.6. The predicted octanol–water partition coefficient (Wildman–Crippen LogP) is 6.03. The molecule has 8 nitrogen and oxygen atoms in total. The summed E-state index contributed by atoms with van der Waals surface area (Å²) < 4.78 is 12.3. The van der Waals surface area contributed by atoms with E-state index in [0.717, 1.165) is 21.6 Å². The molecular weight excluding hydrogens is 584 g/mol. The number of ether oxygens (including phenoxy) is 2. The van der Waals surface area contributed by atoms with Crippen molar-refractivity contribution < 1.29 is 29.3 Å². The van der Waals surface area contributed by atoms with E-state index in [9.17, 15) is 19.8 Å². The number of hydrogen-bond donors (Lipinski definition) is 2. The van der Waals surface area contributed by atoms with Crippen LogP contribution in [0.1, 0.15) is 35.2 Å². The second-order valence-electron chi connectivity index (χ2n) is 9.65. The second-order valence-corrected chi connectivity index (χ2v) is 11.5. The highest BCUT2D eigenvalue weighted by Gasteiger charge is 2.48. The Morgan fingerprint density at radius 2 is 1.97 bits per heavy atom. The van der Waals surface area contributed by atoms with Gasteiger partial charge in [-0.3, -0.25) is 14.5 Å². The van der Waals surface area contributed by atoms with Gasteiger partial charge in [0.15, 0.2) is 16.6 Å². The standard InChI is InChI=1S/C29H23BrN2O6S/c1-13-4-6-19-22(8-13)39-29(31-19)32-24(17-11-18(30)26(34)21(12-17)37-3)23(27(35)28(32)36)25(33)15-5-7-20-16(10-15)9-14(2)38-20/h4-8,10-12,14,24,33-34H,9H2,1-3H3/t14-,24+/m1/s1. The van der Waals surface area contributed by atoms with Crippen molar-refractivity contribution in [1.82, 2.24) is 4.98 Å². The summed E-state index contributed by atoms with van der Waals surface area (Å²) in [7, 11) is 1.41. The van der Waals surface area contributed by atoms with Gasteiger partial charge in [0.25, 0.3) is 5.78 Å². The van der Waals surface area contributed by atoms with E-state index in [0.29, 0.717) is 32.7 Å². The molecule has 1 saturated heterocycles. The highest BCUT2D eigenvalue weighted by molar-refractivity contribution is 9.10. The topological polar surface area (TPSA) is 109 Å². The molecule has 198 valence electrons. The summed E-state index contributed by atoms with van der Waals surface area (Å²) in [6.45, 7) is 3.92. The van der Waals surface area contributed by atoms with Crippen LogP contribution in [0.3, 0.4) is 0 Å². The lowest BCUT2D eigenvalue weighted by Crippen LogP contribution is -2.29. The van der Waals surface area contributed by atoms with E-state index >= 15 is 0 Å². The number of nitrogens with zero attached hydrogens (tertiary/aromatic N) is 2. The van der Waals surface area contributed by atoms with Crippen molar-refractivity contribution in [1.29, 1.82) is 0 Å². The van der Waals surface area contributed by atoms with Crippen LogP contribution in [0.4, 0.5) is 5.13 Å². The average molecular weight is 607 g/mol. The van der Waals surface area contributed by atoms with Crippen LogP contribution in [0, 0.1) is 6.92 Å². The molecule has 0 saturated carbocycles. The van der Waals surface area contributed by atoms with Gasteiger partial charge in [-0.2, -0.15) is 0 Å². The predicted molar refractivity (Wildman–Crippen MR) is 152 cm³/mol. The number of methoxy groups -OCH3 is 1. The lowest BCUT2D eigenvalue weighted by molar-refractivity contribution is -0.132. The van der Waals surface area contributed by atoms with Crippen LogP contribution < -0.4 is 14.4 Å². The van der Waals surface area contributed by atoms with E-state index < -0.39 is 17.7 Å². The number of aromatic nitrogens is 1. The first-order valence-electron chi connectivity index (χ1n) is 12.2. The average Bonchev–Trinajstić information content (AvgIpc) is 3.57. The Morgan fingerprint density at radius 1 is 1.18 bits per heavy atom. The van der Waals surface area contributed by atoms with Crippen LogP contribution in [0.25, 0.3) is 16.0 Å². The molecule has 0 bridgehead atoms. The van der Waals surface area contributed by atoms with Crippen molar-refractivity contribution in [2.24, 2.45) is 0 Å². The molecule has 3 heterocycles. The number of Topliss-reactive ketones (excluding diaryl/α,β-unsaturated/α-hetero) is 1. The Hall–Kier alpha value is -3.89. The first-order valence-corrected chi connectivity index (χ1v) is 13.8. The highest BCUT2D eigenvalue weighted by Crippen LogP contribution is 2.47. The fourth-order valence-electron chi connectivity index (χ4n) is 5.10. The molecule has 0 spiro atoms. The van der Waals surface area contributed by atoms with Gasteiger partial charge in [-0.25, -0.2) is 4.98 Å². The summed E-state index contributed by atoms with van der Waals surface area (Å²) in [6, 6.07) is 13.1. The normalized spacial score (nSPS) is 19.9. The number of hydrogen-bond acceptors (Lipinski definition) is 8. The van der Waals surface area contributed by atoms with Crippen molar-refractivity contribution in [3.05, 3.63) is 80.8 Å². The van der Waals surface area contributed by atoms with Crippen molar-refractivity contribution in [2.75, 3.05) is 12.0 Å². The van der Waals surface area contributed by atoms with Crippen LogP contribution in [0.5, 0.6) is 17.2 Å². The van der Waals surface area contributed by atoms with Crippen LogP contribution in [0.2, 0.25) is 0 Å². The highest BCUT2D eigenvalue weighted by atomic mass is 79.9. The van der Waals surface area contributed by atoms with Gasteiger partial charge in [-0.1, -0.05) is 17.4 Å². The summed E-state index contributed by atoms with van der Waals surface area (Å²) >= 11 is 4.63. The van der Waals surface area contributed by atoms with Gasteiger partial charge < -0.3 is 19.7 Å². The maximum Gasteiger partial charge on any atom is 0.301 e. The number of phenols is 1. The van der Waals surface area contributed by atoms with Crippen LogP contribution in [-0.2, 0) is 16.0 Å². The van der Waals surface area contributed by atoms with Crippen LogP contribution in [-0.4, -0.2) is 40.1 Å². The molecule has 2 atom stereocenters. The fraction of sp³-hybridized carbons (Fsp3) is 0.207. The van der Waals surface area contributed by atoms with Crippen LogP contribution in [0.15, 0.2) is 58.6 Å². The van der Waals surface area contributed by atoms with Crippen molar-refractivity contribution >= 4 is 60.1 Å². The molecule has 6 rings (SSSR count). The molecule has 2 N–H and O–H groups in total. The molecule has 0 radical (unpaired) electrons. The van der Waals surface area contributed by atoms with Crippen molar-refractivity contribution in [3.63, 3.8) is 0 Å². The number of anilines is 1. The SMILES string of the molecule is COc1cc([C@H]2C(=C(O)c3ccc4c(c3)C[C@@H](C)O4)C(=O)C(=O)N2c2nc3ccc(C)cc3s2)cc(Br)c1O. The van der Waals surface area contributed by atoms with Crippen molar-refractivity contribution in [2.45, 2.75) is 32.4 Å². The molecule has 1 fully saturated rings. The molecule has 2 aliphatic heterocycles. The first kappa shape index (κ1) is 25.4. The molecule has 2 aliphatic rings. The van der Waals surface area contributed by atoms with Gasteiger partial charge in [0.2, 0.25) is 0 Å². The number of aliphatic hydroxyl groups is 1. The summed E-state index contributed by atoms with van der Waals surface area (Å²) in [5, 5.41) is 22.3. The smallest absolute Gasteiger partial charge is 0.301 e. The third-order valence-corrected chi connectivity index (χ3v) is 8.56. The molecule has 0 unspecified atom stereocenters. The number of aliphatic hydroxyl groups excluding tert-OH is 1. The lowest BCUT2D eigenvalue weighted by Gasteiger charge is -2.24.